The fourth-order valence-electron chi connectivity index (χ4n) is 3.19. The number of rotatable bonds is 7. The van der Waals surface area contributed by atoms with Gasteiger partial charge in [0.25, 0.3) is 0 Å². The number of nitrogens with zero attached hydrogens (tertiary/aromatic N) is 1. The molecule has 0 fully saturated rings. The minimum absolute atomic E-state index is 0. The molecule has 0 aliphatic carbocycles. The van der Waals surface area contributed by atoms with Crippen LogP contribution in [0.3, 0.4) is 0 Å². The number of ether oxygens (including phenoxy) is 1. The first-order valence-corrected chi connectivity index (χ1v) is 10.2. The zero-order valence-electron chi connectivity index (χ0n) is 17.8. The number of benzene rings is 2. The van der Waals surface area contributed by atoms with Crippen molar-refractivity contribution in [3.63, 3.8) is 0 Å². The van der Waals surface area contributed by atoms with Gasteiger partial charge in [-0.3, -0.25) is 9.79 Å². The summed E-state index contributed by atoms with van der Waals surface area (Å²) in [5.74, 6) is 1.74. The molecule has 0 spiro atoms. The van der Waals surface area contributed by atoms with Gasteiger partial charge in [-0.2, -0.15) is 0 Å². The maximum atomic E-state index is 12.1. The predicted molar refractivity (Wildman–Crippen MR) is 133 cm³/mol. The number of halogens is 1. The van der Waals surface area contributed by atoms with Gasteiger partial charge in [-0.25, -0.2) is 0 Å². The van der Waals surface area contributed by atoms with Crippen LogP contribution in [0.5, 0.6) is 5.75 Å². The van der Waals surface area contributed by atoms with E-state index < -0.39 is 0 Å². The molecule has 2 atom stereocenters. The molecule has 6 nitrogen and oxygen atoms in total. The van der Waals surface area contributed by atoms with Gasteiger partial charge in [-0.05, 0) is 35.7 Å². The van der Waals surface area contributed by atoms with Crippen LogP contribution in [0, 0.1) is 5.92 Å². The van der Waals surface area contributed by atoms with Gasteiger partial charge in [-0.15, -0.1) is 24.0 Å². The van der Waals surface area contributed by atoms with Gasteiger partial charge < -0.3 is 20.7 Å². The number of guanidine groups is 1. The topological polar surface area (TPSA) is 74.8 Å². The van der Waals surface area contributed by atoms with Gasteiger partial charge in [0.05, 0.1) is 6.54 Å². The van der Waals surface area contributed by atoms with Crippen LogP contribution in [0.15, 0.2) is 53.5 Å². The highest BCUT2D eigenvalue weighted by molar-refractivity contribution is 14.0. The Morgan fingerprint density at radius 3 is 2.73 bits per heavy atom. The summed E-state index contributed by atoms with van der Waals surface area (Å²) in [5.41, 5.74) is 3.13. The molecule has 0 radical (unpaired) electrons. The molecule has 1 aliphatic heterocycles. The van der Waals surface area contributed by atoms with Crippen LogP contribution in [-0.2, 0) is 17.8 Å². The van der Waals surface area contributed by atoms with Crippen molar-refractivity contribution in [1.82, 2.24) is 10.6 Å². The molecule has 3 N–H and O–H groups in total. The van der Waals surface area contributed by atoms with Crippen LogP contribution >= 0.6 is 24.0 Å². The summed E-state index contributed by atoms with van der Waals surface area (Å²) in [7, 11) is 1.75. The Kier molecular flexibility index (Phi) is 9.42. The third-order valence-corrected chi connectivity index (χ3v) is 5.15. The van der Waals surface area contributed by atoms with Crippen LogP contribution in [0.2, 0.25) is 0 Å². The van der Waals surface area contributed by atoms with Gasteiger partial charge in [-0.1, -0.05) is 44.2 Å². The van der Waals surface area contributed by atoms with Crippen molar-refractivity contribution >= 4 is 41.5 Å². The molecule has 3 rings (SSSR count). The number of para-hydroxylation sites is 1. The lowest BCUT2D eigenvalue weighted by Crippen LogP contribution is -2.41. The normalized spacial score (nSPS) is 16.0. The summed E-state index contributed by atoms with van der Waals surface area (Å²) in [6.07, 6.45) is 1.83. The largest absolute Gasteiger partial charge is 0.488 e. The maximum absolute atomic E-state index is 12.1. The quantitative estimate of drug-likeness (QED) is 0.293. The second-order valence-corrected chi connectivity index (χ2v) is 7.36. The molecule has 1 amide bonds. The van der Waals surface area contributed by atoms with Crippen LogP contribution in [0.1, 0.15) is 31.4 Å². The van der Waals surface area contributed by atoms with Crippen molar-refractivity contribution in [3.8, 4) is 5.75 Å². The third-order valence-electron chi connectivity index (χ3n) is 5.15. The monoisotopic (exact) mass is 522 g/mol. The van der Waals surface area contributed by atoms with E-state index in [2.05, 4.69) is 27.0 Å². The van der Waals surface area contributed by atoms with Gasteiger partial charge >= 0.3 is 0 Å². The van der Waals surface area contributed by atoms with Crippen molar-refractivity contribution in [2.75, 3.05) is 18.9 Å². The maximum Gasteiger partial charge on any atom is 0.227 e. The van der Waals surface area contributed by atoms with Crippen molar-refractivity contribution < 1.29 is 9.53 Å². The number of hydrogen-bond donors (Lipinski definition) is 3. The molecular weight excluding hydrogens is 491 g/mol. The minimum atomic E-state index is 0. The highest BCUT2D eigenvalue weighted by Crippen LogP contribution is 2.27. The number of anilines is 1. The van der Waals surface area contributed by atoms with E-state index in [-0.39, 0.29) is 41.9 Å². The van der Waals surface area contributed by atoms with Gasteiger partial charge in [0.2, 0.25) is 5.91 Å². The molecular formula is C23H31IN4O2. The fourth-order valence-corrected chi connectivity index (χ4v) is 3.19. The van der Waals surface area contributed by atoms with E-state index in [0.29, 0.717) is 13.1 Å². The zero-order chi connectivity index (χ0) is 20.6. The van der Waals surface area contributed by atoms with E-state index in [1.54, 1.807) is 7.05 Å². The highest BCUT2D eigenvalue weighted by atomic mass is 127. The number of hydrogen-bond acceptors (Lipinski definition) is 3. The third kappa shape index (κ3) is 6.62. The molecule has 30 heavy (non-hydrogen) atoms. The standard InChI is InChI=1S/C23H30N4O2.HI/c1-4-16(2)22(28)27-19-10-7-8-17(12-19)14-25-23(24-3)26-15-20-13-18-9-5-6-11-21(18)29-20;/h5-12,16,20H,4,13-15H2,1-3H3,(H,27,28)(H2,24,25,26);1H. The molecule has 0 bridgehead atoms. The van der Waals surface area contributed by atoms with E-state index in [4.69, 9.17) is 4.74 Å². The fraction of sp³-hybridized carbons (Fsp3) is 0.391. The van der Waals surface area contributed by atoms with E-state index in [9.17, 15) is 4.79 Å². The predicted octanol–water partition coefficient (Wildman–Crippen LogP) is 3.96. The molecule has 2 aromatic rings. The first kappa shape index (κ1) is 24.0. The van der Waals surface area contributed by atoms with Gasteiger partial charge in [0.15, 0.2) is 5.96 Å². The first-order valence-electron chi connectivity index (χ1n) is 10.2. The molecule has 0 aromatic heterocycles. The Labute approximate surface area is 195 Å². The number of carbonyl (C=O) groups excluding carboxylic acids is 1. The van der Waals surface area contributed by atoms with Gasteiger partial charge in [0, 0.05) is 31.6 Å². The summed E-state index contributed by atoms with van der Waals surface area (Å²) in [4.78, 5) is 16.4. The van der Waals surface area contributed by atoms with E-state index in [1.165, 1.54) is 5.56 Å². The highest BCUT2D eigenvalue weighted by Gasteiger charge is 2.22. The number of amides is 1. The first-order chi connectivity index (χ1) is 14.1. The molecule has 162 valence electrons. The average molecular weight is 522 g/mol. The van der Waals surface area contributed by atoms with Crippen LogP contribution in [-0.4, -0.2) is 31.6 Å². The van der Waals surface area contributed by atoms with Gasteiger partial charge in [0.1, 0.15) is 11.9 Å². The summed E-state index contributed by atoms with van der Waals surface area (Å²) in [5, 5.41) is 9.62. The lowest BCUT2D eigenvalue weighted by molar-refractivity contribution is -0.119. The molecule has 7 heteroatoms. The summed E-state index contributed by atoms with van der Waals surface area (Å²) in [6.45, 7) is 5.24. The van der Waals surface area contributed by atoms with Crippen molar-refractivity contribution in [2.45, 2.75) is 39.3 Å². The lowest BCUT2D eigenvalue weighted by atomic mass is 10.1. The molecule has 2 aromatic carbocycles. The number of nitrogens with one attached hydrogen (secondary N) is 3. The SMILES string of the molecule is CCC(C)C(=O)Nc1cccc(CNC(=NC)NCC2Cc3ccccc3O2)c1.I. The second kappa shape index (κ2) is 11.8. The Bertz CT molecular complexity index is 847. The Hall–Kier alpha value is -2.29. The molecule has 1 heterocycles. The molecule has 0 saturated heterocycles. The average Bonchev–Trinajstić information content (AvgIpc) is 3.16. The molecule has 1 aliphatic rings. The van der Waals surface area contributed by atoms with Crippen molar-refractivity contribution in [1.29, 1.82) is 0 Å². The zero-order valence-corrected chi connectivity index (χ0v) is 20.1. The second-order valence-electron chi connectivity index (χ2n) is 7.36. The van der Waals surface area contributed by atoms with Crippen molar-refractivity contribution in [3.05, 3.63) is 59.7 Å². The van der Waals surface area contributed by atoms with Crippen LogP contribution < -0.4 is 20.7 Å². The number of carbonyl (C=O) groups is 1. The number of fused-ring (bicyclic) bond motifs is 1. The molecule has 2 unspecified atom stereocenters. The molecule has 0 saturated carbocycles. The van der Waals surface area contributed by atoms with E-state index in [0.717, 1.165) is 35.8 Å². The van der Waals surface area contributed by atoms with E-state index >= 15 is 0 Å². The van der Waals surface area contributed by atoms with E-state index in [1.807, 2.05) is 56.3 Å². The number of aliphatic imine (C=N–C) groups is 1. The van der Waals surface area contributed by atoms with Crippen LogP contribution in [0.4, 0.5) is 5.69 Å². The minimum Gasteiger partial charge on any atom is -0.488 e. The Balaban J connectivity index is 0.00000320. The summed E-state index contributed by atoms with van der Waals surface area (Å²) in [6, 6.07) is 16.0. The Morgan fingerprint density at radius 2 is 2.00 bits per heavy atom. The summed E-state index contributed by atoms with van der Waals surface area (Å²) >= 11 is 0. The van der Waals surface area contributed by atoms with Crippen LogP contribution in [0.25, 0.3) is 0 Å². The lowest BCUT2D eigenvalue weighted by Gasteiger charge is -2.16. The van der Waals surface area contributed by atoms with Crippen molar-refractivity contribution in [2.24, 2.45) is 10.9 Å². The smallest absolute Gasteiger partial charge is 0.227 e. The summed E-state index contributed by atoms with van der Waals surface area (Å²) < 4.78 is 5.96. The Morgan fingerprint density at radius 1 is 1.20 bits per heavy atom.